The highest BCUT2D eigenvalue weighted by Gasteiger charge is 2.05. The van der Waals surface area contributed by atoms with Crippen LogP contribution >= 0.6 is 11.3 Å². The molecule has 0 aliphatic rings. The molecule has 0 aliphatic carbocycles. The van der Waals surface area contributed by atoms with Crippen molar-refractivity contribution in [2.45, 2.75) is 6.42 Å². The Bertz CT molecular complexity index is 636. The van der Waals surface area contributed by atoms with E-state index in [4.69, 9.17) is 5.11 Å². The third-order valence-electron chi connectivity index (χ3n) is 2.38. The molecule has 0 aromatic carbocycles. The van der Waals surface area contributed by atoms with E-state index in [1.807, 2.05) is 17.5 Å². The molecular weight excluding hydrogens is 276 g/mol. The molecule has 2 aromatic heterocycles. The third kappa shape index (κ3) is 4.33. The van der Waals surface area contributed by atoms with E-state index >= 15 is 0 Å². The van der Waals surface area contributed by atoms with Crippen LogP contribution in [-0.2, 0) is 16.0 Å². The predicted molar refractivity (Wildman–Crippen MR) is 77.6 cm³/mol. The Labute approximate surface area is 119 Å². The van der Waals surface area contributed by atoms with Gasteiger partial charge in [0.15, 0.2) is 0 Å². The minimum Gasteiger partial charge on any atom is -0.478 e. The van der Waals surface area contributed by atoms with E-state index in [9.17, 15) is 9.59 Å². The molecule has 1 amide bonds. The van der Waals surface area contributed by atoms with Crippen molar-refractivity contribution in [3.63, 3.8) is 0 Å². The average molecular weight is 288 g/mol. The molecule has 0 fully saturated rings. The van der Waals surface area contributed by atoms with Gasteiger partial charge in [0, 0.05) is 17.2 Å². The number of nitrogens with zero attached hydrogens (tertiary/aromatic N) is 1. The van der Waals surface area contributed by atoms with Crippen molar-refractivity contribution >= 4 is 35.1 Å². The summed E-state index contributed by atoms with van der Waals surface area (Å²) in [6.45, 7) is 0. The quantitative estimate of drug-likeness (QED) is 0.828. The molecule has 102 valence electrons. The van der Waals surface area contributed by atoms with Gasteiger partial charge in [-0.1, -0.05) is 6.07 Å². The standard InChI is InChI=1S/C14H12N2O3S/c17-13(9-11-2-1-7-20-11)16-12-8-10(5-6-15-12)3-4-14(18)19/h1-8H,9H2,(H,18,19)(H,15,16,17)/b4-3+. The van der Waals surface area contributed by atoms with Crippen molar-refractivity contribution in [1.82, 2.24) is 4.98 Å². The van der Waals surface area contributed by atoms with E-state index in [0.717, 1.165) is 11.0 Å². The van der Waals surface area contributed by atoms with E-state index < -0.39 is 5.97 Å². The molecule has 0 saturated carbocycles. The summed E-state index contributed by atoms with van der Waals surface area (Å²) in [5.74, 6) is -0.775. The van der Waals surface area contributed by atoms with E-state index in [-0.39, 0.29) is 5.91 Å². The minimum absolute atomic E-state index is 0.153. The number of hydrogen-bond acceptors (Lipinski definition) is 4. The summed E-state index contributed by atoms with van der Waals surface area (Å²) >= 11 is 1.52. The van der Waals surface area contributed by atoms with Crippen molar-refractivity contribution in [2.24, 2.45) is 0 Å². The molecule has 2 heterocycles. The van der Waals surface area contributed by atoms with Gasteiger partial charge >= 0.3 is 5.97 Å². The lowest BCUT2D eigenvalue weighted by Crippen LogP contribution is -2.14. The zero-order valence-electron chi connectivity index (χ0n) is 10.4. The number of carboxylic acid groups (broad SMARTS) is 1. The van der Waals surface area contributed by atoms with E-state index in [2.05, 4.69) is 10.3 Å². The number of carbonyl (C=O) groups excluding carboxylic acids is 1. The molecule has 0 spiro atoms. The first-order chi connectivity index (χ1) is 9.63. The molecule has 5 nitrogen and oxygen atoms in total. The average Bonchev–Trinajstić information content (AvgIpc) is 2.89. The Hall–Kier alpha value is -2.47. The van der Waals surface area contributed by atoms with Crippen LogP contribution in [0.3, 0.4) is 0 Å². The minimum atomic E-state index is -1.02. The maximum Gasteiger partial charge on any atom is 0.328 e. The highest BCUT2D eigenvalue weighted by atomic mass is 32.1. The highest BCUT2D eigenvalue weighted by molar-refractivity contribution is 7.10. The first-order valence-corrected chi connectivity index (χ1v) is 6.71. The van der Waals surface area contributed by atoms with Crippen LogP contribution < -0.4 is 5.32 Å². The van der Waals surface area contributed by atoms with Gasteiger partial charge in [-0.3, -0.25) is 4.79 Å². The normalized spacial score (nSPS) is 10.6. The van der Waals surface area contributed by atoms with Gasteiger partial charge in [-0.2, -0.15) is 0 Å². The number of pyridine rings is 1. The molecule has 0 saturated heterocycles. The maximum atomic E-state index is 11.8. The molecular formula is C14H12N2O3S. The van der Waals surface area contributed by atoms with Gasteiger partial charge in [0.2, 0.25) is 5.91 Å². The van der Waals surface area contributed by atoms with Gasteiger partial charge in [-0.25, -0.2) is 9.78 Å². The van der Waals surface area contributed by atoms with Gasteiger partial charge in [-0.05, 0) is 35.2 Å². The number of carboxylic acids is 1. The molecule has 6 heteroatoms. The topological polar surface area (TPSA) is 79.3 Å². The zero-order valence-corrected chi connectivity index (χ0v) is 11.3. The number of amides is 1. The number of aromatic nitrogens is 1. The van der Waals surface area contributed by atoms with E-state index in [0.29, 0.717) is 17.8 Å². The number of aliphatic carboxylic acids is 1. The molecule has 2 aromatic rings. The Balaban J connectivity index is 2.00. The molecule has 0 atom stereocenters. The molecule has 2 rings (SSSR count). The lowest BCUT2D eigenvalue weighted by Gasteiger charge is -2.04. The fraction of sp³-hybridized carbons (Fsp3) is 0.0714. The maximum absolute atomic E-state index is 11.8. The second-order valence-electron chi connectivity index (χ2n) is 3.95. The van der Waals surface area contributed by atoms with Gasteiger partial charge in [0.1, 0.15) is 5.82 Å². The molecule has 0 aliphatic heterocycles. The Morgan fingerprint density at radius 2 is 2.25 bits per heavy atom. The fourth-order valence-corrected chi connectivity index (χ4v) is 2.25. The summed E-state index contributed by atoms with van der Waals surface area (Å²) in [7, 11) is 0. The van der Waals surface area contributed by atoms with Gasteiger partial charge in [0.05, 0.1) is 6.42 Å². The van der Waals surface area contributed by atoms with Gasteiger partial charge in [0.25, 0.3) is 0 Å². The van der Waals surface area contributed by atoms with Gasteiger partial charge < -0.3 is 10.4 Å². The molecule has 0 bridgehead atoms. The van der Waals surface area contributed by atoms with Crippen LogP contribution in [0.4, 0.5) is 5.82 Å². The second-order valence-corrected chi connectivity index (χ2v) is 4.98. The number of hydrogen-bond donors (Lipinski definition) is 2. The Kier molecular flexibility index (Phi) is 4.62. The number of thiophene rings is 1. The highest BCUT2D eigenvalue weighted by Crippen LogP contribution is 2.12. The van der Waals surface area contributed by atoms with Crippen LogP contribution in [0.1, 0.15) is 10.4 Å². The van der Waals surface area contributed by atoms with E-state index in [1.54, 1.807) is 12.1 Å². The second kappa shape index (κ2) is 6.63. The van der Waals surface area contributed by atoms with Crippen LogP contribution in [0, 0.1) is 0 Å². The van der Waals surface area contributed by atoms with Crippen molar-refractivity contribution in [3.8, 4) is 0 Å². The molecule has 0 radical (unpaired) electrons. The first-order valence-electron chi connectivity index (χ1n) is 5.83. The first kappa shape index (κ1) is 14.0. The van der Waals surface area contributed by atoms with Crippen molar-refractivity contribution in [1.29, 1.82) is 0 Å². The third-order valence-corrected chi connectivity index (χ3v) is 3.26. The Morgan fingerprint density at radius 3 is 2.95 bits per heavy atom. The van der Waals surface area contributed by atoms with Crippen LogP contribution in [0.25, 0.3) is 6.08 Å². The number of nitrogens with one attached hydrogen (secondary N) is 1. The van der Waals surface area contributed by atoms with Crippen LogP contribution in [0.2, 0.25) is 0 Å². The SMILES string of the molecule is O=C(O)/C=C/c1ccnc(NC(=O)Cc2cccs2)c1. The summed E-state index contributed by atoms with van der Waals surface area (Å²) < 4.78 is 0. The largest absolute Gasteiger partial charge is 0.478 e. The van der Waals surface area contributed by atoms with Crippen molar-refractivity contribution in [2.75, 3.05) is 5.32 Å². The summed E-state index contributed by atoms with van der Waals surface area (Å²) in [6.07, 6.45) is 4.29. The number of rotatable bonds is 5. The van der Waals surface area contributed by atoms with Crippen LogP contribution in [0.5, 0.6) is 0 Å². The summed E-state index contributed by atoms with van der Waals surface area (Å²) in [6, 6.07) is 7.06. The predicted octanol–water partition coefficient (Wildman–Crippen LogP) is 2.42. The van der Waals surface area contributed by atoms with Crippen LogP contribution in [0.15, 0.2) is 41.9 Å². The summed E-state index contributed by atoms with van der Waals surface area (Å²) in [5, 5.41) is 13.2. The lowest BCUT2D eigenvalue weighted by molar-refractivity contribution is -0.131. The number of anilines is 1. The van der Waals surface area contributed by atoms with Crippen molar-refractivity contribution in [3.05, 3.63) is 52.4 Å². The van der Waals surface area contributed by atoms with E-state index in [1.165, 1.54) is 23.6 Å². The van der Waals surface area contributed by atoms with Crippen molar-refractivity contribution < 1.29 is 14.7 Å². The fourth-order valence-electron chi connectivity index (χ4n) is 1.54. The zero-order chi connectivity index (χ0) is 14.4. The monoisotopic (exact) mass is 288 g/mol. The lowest BCUT2D eigenvalue weighted by atomic mass is 10.2. The molecule has 20 heavy (non-hydrogen) atoms. The molecule has 2 N–H and O–H groups in total. The summed E-state index contributed by atoms with van der Waals surface area (Å²) in [4.78, 5) is 27.2. The number of carbonyl (C=O) groups is 2. The van der Waals surface area contributed by atoms with Gasteiger partial charge in [-0.15, -0.1) is 11.3 Å². The van der Waals surface area contributed by atoms with Crippen LogP contribution in [-0.4, -0.2) is 22.0 Å². The summed E-state index contributed by atoms with van der Waals surface area (Å²) in [5.41, 5.74) is 0.661. The Morgan fingerprint density at radius 1 is 1.40 bits per heavy atom. The molecule has 0 unspecified atom stereocenters. The smallest absolute Gasteiger partial charge is 0.328 e.